The molecule has 2 N–H and O–H groups in total. The summed E-state index contributed by atoms with van der Waals surface area (Å²) in [5.41, 5.74) is 8.60. The summed E-state index contributed by atoms with van der Waals surface area (Å²) in [6, 6.07) is 8.75. The number of aromatic nitrogens is 1. The molecule has 1 aromatic carbocycles. The zero-order valence-corrected chi connectivity index (χ0v) is 9.76. The Balaban J connectivity index is 2.11. The molecule has 1 heterocycles. The van der Waals surface area contributed by atoms with Gasteiger partial charge in [0, 0.05) is 29.4 Å². The normalized spacial score (nSPS) is 20.3. The molecule has 2 aromatic rings. The minimum absolute atomic E-state index is 0.335. The second-order valence-corrected chi connectivity index (χ2v) is 4.67. The van der Waals surface area contributed by atoms with Crippen LogP contribution in [-0.2, 0) is 0 Å². The largest absolute Gasteiger partial charge is 0.327 e. The van der Waals surface area contributed by atoms with E-state index in [0.29, 0.717) is 6.04 Å². The van der Waals surface area contributed by atoms with E-state index in [1.54, 1.807) is 0 Å². The van der Waals surface area contributed by atoms with Crippen molar-refractivity contribution >= 4 is 16.3 Å². The number of benzene rings is 1. The lowest BCUT2D eigenvalue weighted by atomic mass is 9.90. The monoisotopic (exact) mass is 224 g/mol. The third-order valence-electron chi connectivity index (χ3n) is 3.47. The Morgan fingerprint density at radius 2 is 2.06 bits per heavy atom. The van der Waals surface area contributed by atoms with Crippen LogP contribution >= 0.6 is 0 Å². The maximum absolute atomic E-state index is 5.93. The minimum Gasteiger partial charge on any atom is -0.327 e. The highest BCUT2D eigenvalue weighted by atomic mass is 14.6. The number of nitrogens with two attached hydrogens (primary N) is 1. The van der Waals surface area contributed by atoms with Crippen molar-refractivity contribution in [2.75, 3.05) is 0 Å². The Labute approximate surface area is 101 Å². The van der Waals surface area contributed by atoms with Crippen LogP contribution in [0, 0.1) is 0 Å². The number of hydrogen-bond acceptors (Lipinski definition) is 2. The first kappa shape index (κ1) is 10.5. The van der Waals surface area contributed by atoms with Crippen molar-refractivity contribution in [3.8, 4) is 0 Å². The Hall–Kier alpha value is -1.67. The Bertz CT molecular complexity index is 567. The molecule has 0 fully saturated rings. The van der Waals surface area contributed by atoms with Gasteiger partial charge in [-0.2, -0.15) is 0 Å². The van der Waals surface area contributed by atoms with E-state index in [1.807, 2.05) is 12.4 Å². The van der Waals surface area contributed by atoms with Crippen LogP contribution < -0.4 is 5.73 Å². The van der Waals surface area contributed by atoms with E-state index in [9.17, 15) is 0 Å². The minimum atomic E-state index is 0.335. The Kier molecular flexibility index (Phi) is 2.65. The highest BCUT2D eigenvalue weighted by molar-refractivity contribution is 5.93. The van der Waals surface area contributed by atoms with Gasteiger partial charge in [0.2, 0.25) is 0 Å². The molecule has 86 valence electrons. The molecular formula is C15H16N2. The predicted octanol–water partition coefficient (Wildman–Crippen LogP) is 3.13. The quantitative estimate of drug-likeness (QED) is 0.808. The van der Waals surface area contributed by atoms with Gasteiger partial charge in [-0.05, 0) is 30.2 Å². The molecule has 3 rings (SSSR count). The van der Waals surface area contributed by atoms with E-state index in [4.69, 9.17) is 5.73 Å². The van der Waals surface area contributed by atoms with E-state index in [1.165, 1.54) is 21.9 Å². The summed E-state index contributed by atoms with van der Waals surface area (Å²) in [7, 11) is 0. The standard InChI is InChI=1S/C15H16N2/c16-13-7-5-11(6-8-13)15-10-17-9-12-3-1-2-4-14(12)15/h1-5,9-10,13H,6-8,16H2. The van der Waals surface area contributed by atoms with Crippen LogP contribution in [0.3, 0.4) is 0 Å². The molecule has 0 saturated heterocycles. The fourth-order valence-electron chi connectivity index (χ4n) is 2.47. The fourth-order valence-corrected chi connectivity index (χ4v) is 2.47. The van der Waals surface area contributed by atoms with Crippen LogP contribution in [0.25, 0.3) is 16.3 Å². The first-order valence-electron chi connectivity index (χ1n) is 6.12. The van der Waals surface area contributed by atoms with Crippen LogP contribution in [0.1, 0.15) is 24.8 Å². The Morgan fingerprint density at radius 1 is 1.18 bits per heavy atom. The molecule has 1 unspecified atom stereocenters. The predicted molar refractivity (Wildman–Crippen MR) is 71.5 cm³/mol. The molecule has 0 amide bonds. The van der Waals surface area contributed by atoms with E-state index < -0.39 is 0 Å². The van der Waals surface area contributed by atoms with Crippen molar-refractivity contribution in [2.24, 2.45) is 5.73 Å². The van der Waals surface area contributed by atoms with Crippen molar-refractivity contribution in [3.63, 3.8) is 0 Å². The zero-order valence-electron chi connectivity index (χ0n) is 9.76. The van der Waals surface area contributed by atoms with Gasteiger partial charge >= 0.3 is 0 Å². The maximum Gasteiger partial charge on any atom is 0.0349 e. The average molecular weight is 224 g/mol. The topological polar surface area (TPSA) is 38.9 Å². The highest BCUT2D eigenvalue weighted by Crippen LogP contribution is 2.30. The number of rotatable bonds is 1. The summed E-state index contributed by atoms with van der Waals surface area (Å²) in [6.45, 7) is 0. The van der Waals surface area contributed by atoms with Crippen molar-refractivity contribution in [2.45, 2.75) is 25.3 Å². The van der Waals surface area contributed by atoms with E-state index >= 15 is 0 Å². The van der Waals surface area contributed by atoms with Gasteiger partial charge in [0.15, 0.2) is 0 Å². The van der Waals surface area contributed by atoms with Gasteiger partial charge in [0.1, 0.15) is 0 Å². The SMILES string of the molecule is NC1CC=C(c2cncc3ccccc23)CC1. The summed E-state index contributed by atoms with van der Waals surface area (Å²) in [6.07, 6.45) is 9.31. The number of fused-ring (bicyclic) bond motifs is 1. The van der Waals surface area contributed by atoms with Gasteiger partial charge in [0.25, 0.3) is 0 Å². The third-order valence-corrected chi connectivity index (χ3v) is 3.47. The summed E-state index contributed by atoms with van der Waals surface area (Å²) in [4.78, 5) is 4.33. The molecule has 0 radical (unpaired) electrons. The molecule has 0 aliphatic heterocycles. The molecule has 1 aromatic heterocycles. The first-order chi connectivity index (χ1) is 8.34. The summed E-state index contributed by atoms with van der Waals surface area (Å²) >= 11 is 0. The second kappa shape index (κ2) is 4.30. The molecular weight excluding hydrogens is 208 g/mol. The van der Waals surface area contributed by atoms with E-state index in [0.717, 1.165) is 19.3 Å². The molecule has 2 heteroatoms. The van der Waals surface area contributed by atoms with Crippen LogP contribution in [-0.4, -0.2) is 11.0 Å². The third kappa shape index (κ3) is 1.96. The fraction of sp³-hybridized carbons (Fsp3) is 0.267. The molecule has 1 aliphatic rings. The lowest BCUT2D eigenvalue weighted by Gasteiger charge is -2.19. The lowest BCUT2D eigenvalue weighted by Crippen LogP contribution is -2.21. The summed E-state index contributed by atoms with van der Waals surface area (Å²) < 4.78 is 0. The van der Waals surface area contributed by atoms with Crippen molar-refractivity contribution < 1.29 is 0 Å². The maximum atomic E-state index is 5.93. The molecule has 0 bridgehead atoms. The van der Waals surface area contributed by atoms with Gasteiger partial charge < -0.3 is 5.73 Å². The van der Waals surface area contributed by atoms with Crippen molar-refractivity contribution in [1.82, 2.24) is 4.98 Å². The number of allylic oxidation sites excluding steroid dienone is 1. The van der Waals surface area contributed by atoms with Crippen LogP contribution in [0.5, 0.6) is 0 Å². The van der Waals surface area contributed by atoms with Gasteiger partial charge in [-0.15, -0.1) is 0 Å². The molecule has 17 heavy (non-hydrogen) atoms. The van der Waals surface area contributed by atoms with Crippen LogP contribution in [0.4, 0.5) is 0 Å². The van der Waals surface area contributed by atoms with E-state index in [2.05, 4.69) is 35.3 Å². The van der Waals surface area contributed by atoms with Crippen LogP contribution in [0.2, 0.25) is 0 Å². The number of pyridine rings is 1. The molecule has 1 atom stereocenters. The van der Waals surface area contributed by atoms with Crippen molar-refractivity contribution in [3.05, 3.63) is 48.3 Å². The van der Waals surface area contributed by atoms with Gasteiger partial charge in [0.05, 0.1) is 0 Å². The first-order valence-corrected chi connectivity index (χ1v) is 6.12. The molecule has 2 nitrogen and oxygen atoms in total. The average Bonchev–Trinajstić information content (AvgIpc) is 2.39. The molecule has 0 saturated carbocycles. The molecule has 1 aliphatic carbocycles. The Morgan fingerprint density at radius 3 is 2.88 bits per heavy atom. The van der Waals surface area contributed by atoms with Gasteiger partial charge in [-0.25, -0.2) is 0 Å². The summed E-state index contributed by atoms with van der Waals surface area (Å²) in [5.74, 6) is 0. The van der Waals surface area contributed by atoms with E-state index in [-0.39, 0.29) is 0 Å². The number of nitrogens with zero attached hydrogens (tertiary/aromatic N) is 1. The second-order valence-electron chi connectivity index (χ2n) is 4.67. The summed E-state index contributed by atoms with van der Waals surface area (Å²) in [5, 5.41) is 2.50. The number of hydrogen-bond donors (Lipinski definition) is 1. The molecule has 0 spiro atoms. The van der Waals surface area contributed by atoms with Gasteiger partial charge in [-0.1, -0.05) is 30.3 Å². The lowest BCUT2D eigenvalue weighted by molar-refractivity contribution is 0.614. The zero-order chi connectivity index (χ0) is 11.7. The van der Waals surface area contributed by atoms with Crippen LogP contribution in [0.15, 0.2) is 42.7 Å². The van der Waals surface area contributed by atoms with Gasteiger partial charge in [-0.3, -0.25) is 4.98 Å². The highest BCUT2D eigenvalue weighted by Gasteiger charge is 2.13. The smallest absolute Gasteiger partial charge is 0.0349 e. The van der Waals surface area contributed by atoms with Crippen molar-refractivity contribution in [1.29, 1.82) is 0 Å².